The first-order valence-electron chi connectivity index (χ1n) is 10.4. The highest BCUT2D eigenvalue weighted by molar-refractivity contribution is 6.42. The predicted molar refractivity (Wildman–Crippen MR) is 121 cm³/mol. The van der Waals surface area contributed by atoms with Crippen LogP contribution >= 0.6 is 23.2 Å². The minimum absolute atomic E-state index is 0.0730. The van der Waals surface area contributed by atoms with Gasteiger partial charge in [-0.25, -0.2) is 0 Å². The van der Waals surface area contributed by atoms with Crippen LogP contribution in [0.25, 0.3) is 0 Å². The van der Waals surface area contributed by atoms with Crippen LogP contribution in [0, 0.1) is 0 Å². The van der Waals surface area contributed by atoms with Crippen LogP contribution in [0.1, 0.15) is 26.3 Å². The van der Waals surface area contributed by atoms with E-state index in [1.54, 1.807) is 11.0 Å². The minimum Gasteiger partial charge on any atom is -0.383 e. The van der Waals surface area contributed by atoms with E-state index in [9.17, 15) is 22.8 Å². The van der Waals surface area contributed by atoms with Crippen molar-refractivity contribution in [3.63, 3.8) is 0 Å². The molecule has 1 heterocycles. The first kappa shape index (κ1) is 26.3. The van der Waals surface area contributed by atoms with E-state index in [1.807, 2.05) is 0 Å². The quantitative estimate of drug-likeness (QED) is 0.535. The van der Waals surface area contributed by atoms with Crippen LogP contribution in [0.5, 0.6) is 0 Å². The van der Waals surface area contributed by atoms with Crippen LogP contribution in [0.15, 0.2) is 42.5 Å². The van der Waals surface area contributed by atoms with Gasteiger partial charge in [0.2, 0.25) is 0 Å². The fourth-order valence-corrected chi connectivity index (χ4v) is 3.86. The Hall–Kier alpha value is -2.33. The van der Waals surface area contributed by atoms with Crippen LogP contribution < -0.4 is 0 Å². The number of benzene rings is 2. The molecule has 0 aliphatic carbocycles. The lowest BCUT2D eigenvalue weighted by Crippen LogP contribution is -2.51. The number of methoxy groups -OCH3 is 1. The number of halogens is 5. The van der Waals surface area contributed by atoms with Crippen molar-refractivity contribution in [2.75, 3.05) is 46.5 Å². The van der Waals surface area contributed by atoms with Gasteiger partial charge in [-0.05, 0) is 36.4 Å². The van der Waals surface area contributed by atoms with E-state index >= 15 is 0 Å². The number of nitrogens with zero attached hydrogens (tertiary/aromatic N) is 2. The van der Waals surface area contributed by atoms with E-state index in [2.05, 4.69) is 0 Å². The van der Waals surface area contributed by atoms with Crippen LogP contribution in [-0.2, 0) is 15.7 Å². The van der Waals surface area contributed by atoms with Crippen LogP contribution in [-0.4, -0.2) is 74.2 Å². The molecule has 1 unspecified atom stereocenters. The number of carbonyl (C=O) groups excluding carboxylic acids is 2. The molecule has 1 aliphatic rings. The highest BCUT2D eigenvalue weighted by Crippen LogP contribution is 2.30. The lowest BCUT2D eigenvalue weighted by molar-refractivity contribution is -0.137. The van der Waals surface area contributed by atoms with Crippen molar-refractivity contribution in [1.29, 1.82) is 0 Å². The third-order valence-corrected chi connectivity index (χ3v) is 6.04. The molecule has 6 nitrogen and oxygen atoms in total. The number of carbonyl (C=O) groups is 2. The molecule has 0 spiro atoms. The molecule has 3 rings (SSSR count). The molecule has 184 valence electrons. The molecule has 2 aromatic rings. The SMILES string of the molecule is COCCN(CC1CN(C(=O)c2ccc(Cl)c(Cl)c2)CCO1)C(=O)c1cccc(C(F)(F)F)c1. The van der Waals surface area contributed by atoms with Crippen molar-refractivity contribution in [2.45, 2.75) is 12.3 Å². The van der Waals surface area contributed by atoms with Crippen LogP contribution in [0.4, 0.5) is 13.2 Å². The van der Waals surface area contributed by atoms with Crippen molar-refractivity contribution >= 4 is 35.0 Å². The number of alkyl halides is 3. The van der Waals surface area contributed by atoms with Gasteiger partial charge >= 0.3 is 6.18 Å². The number of amides is 2. The van der Waals surface area contributed by atoms with E-state index in [0.717, 1.165) is 12.1 Å². The lowest BCUT2D eigenvalue weighted by atomic mass is 10.1. The summed E-state index contributed by atoms with van der Waals surface area (Å²) in [5, 5.41) is 0.592. The first-order chi connectivity index (χ1) is 16.1. The second-order valence-corrected chi connectivity index (χ2v) is 8.51. The van der Waals surface area contributed by atoms with Crippen molar-refractivity contribution in [3.8, 4) is 0 Å². The molecule has 2 amide bonds. The van der Waals surface area contributed by atoms with Gasteiger partial charge in [-0.2, -0.15) is 13.2 Å². The fourth-order valence-electron chi connectivity index (χ4n) is 3.56. The monoisotopic (exact) mass is 518 g/mol. The Kier molecular flexibility index (Phi) is 8.81. The summed E-state index contributed by atoms with van der Waals surface area (Å²) in [6, 6.07) is 8.85. The Morgan fingerprint density at radius 1 is 1.15 bits per heavy atom. The van der Waals surface area contributed by atoms with E-state index in [-0.39, 0.29) is 49.3 Å². The standard InChI is InChI=1S/C23H23Cl2F3N2O4/c1-33-9-7-29(21(31)15-3-2-4-17(11-15)23(26,27)28)13-18-14-30(8-10-34-18)22(32)16-5-6-19(24)20(25)12-16/h2-6,11-12,18H,7-10,13-14H2,1H3. The Labute approximate surface area is 205 Å². The Morgan fingerprint density at radius 3 is 2.59 bits per heavy atom. The van der Waals surface area contributed by atoms with Gasteiger partial charge in [-0.15, -0.1) is 0 Å². The van der Waals surface area contributed by atoms with E-state index in [4.69, 9.17) is 32.7 Å². The number of ether oxygens (including phenoxy) is 2. The molecule has 2 aromatic carbocycles. The molecule has 11 heteroatoms. The molecule has 0 N–H and O–H groups in total. The predicted octanol–water partition coefficient (Wildman–Crippen LogP) is 4.64. The second kappa shape index (κ2) is 11.4. The maximum atomic E-state index is 13.1. The zero-order chi connectivity index (χ0) is 24.9. The molecule has 1 atom stereocenters. The normalized spacial score (nSPS) is 16.4. The van der Waals surface area contributed by atoms with Gasteiger partial charge in [-0.3, -0.25) is 9.59 Å². The molecule has 0 aromatic heterocycles. The molecule has 0 bridgehead atoms. The van der Waals surface area contributed by atoms with Crippen molar-refractivity contribution in [3.05, 3.63) is 69.2 Å². The molecule has 1 aliphatic heterocycles. The van der Waals surface area contributed by atoms with Gasteiger partial charge < -0.3 is 19.3 Å². The lowest BCUT2D eigenvalue weighted by Gasteiger charge is -2.36. The summed E-state index contributed by atoms with van der Waals surface area (Å²) in [4.78, 5) is 28.9. The number of hydrogen-bond donors (Lipinski definition) is 0. The summed E-state index contributed by atoms with van der Waals surface area (Å²) in [7, 11) is 1.46. The van der Waals surface area contributed by atoms with Crippen molar-refractivity contribution in [2.24, 2.45) is 0 Å². The fraction of sp³-hybridized carbons (Fsp3) is 0.391. The summed E-state index contributed by atoms with van der Waals surface area (Å²) >= 11 is 11.9. The maximum absolute atomic E-state index is 13.1. The average molecular weight is 519 g/mol. The van der Waals surface area contributed by atoms with Gasteiger partial charge in [0.05, 0.1) is 34.9 Å². The zero-order valence-corrected chi connectivity index (χ0v) is 19.8. The van der Waals surface area contributed by atoms with Crippen molar-refractivity contribution < 1.29 is 32.2 Å². The second-order valence-electron chi connectivity index (χ2n) is 7.70. The third-order valence-electron chi connectivity index (χ3n) is 5.31. The third kappa shape index (κ3) is 6.63. The van der Waals surface area contributed by atoms with Crippen LogP contribution in [0.3, 0.4) is 0 Å². The number of morpholine rings is 1. The van der Waals surface area contributed by atoms with Crippen LogP contribution in [0.2, 0.25) is 10.0 Å². The van der Waals surface area contributed by atoms with Crippen molar-refractivity contribution in [1.82, 2.24) is 9.80 Å². The highest BCUT2D eigenvalue weighted by atomic mass is 35.5. The average Bonchev–Trinajstić information content (AvgIpc) is 2.82. The molecule has 34 heavy (non-hydrogen) atoms. The highest BCUT2D eigenvalue weighted by Gasteiger charge is 2.32. The summed E-state index contributed by atoms with van der Waals surface area (Å²) in [6.07, 6.45) is -5.10. The zero-order valence-electron chi connectivity index (χ0n) is 18.3. The maximum Gasteiger partial charge on any atom is 0.416 e. The molecule has 0 saturated carbocycles. The smallest absolute Gasteiger partial charge is 0.383 e. The molecule has 1 fully saturated rings. The topological polar surface area (TPSA) is 59.1 Å². The summed E-state index contributed by atoms with van der Waals surface area (Å²) in [5.41, 5.74) is -0.630. The Morgan fingerprint density at radius 2 is 1.91 bits per heavy atom. The number of hydrogen-bond acceptors (Lipinski definition) is 4. The number of rotatable bonds is 7. The summed E-state index contributed by atoms with van der Waals surface area (Å²) in [6.45, 7) is 1.18. The van der Waals surface area contributed by atoms with E-state index < -0.39 is 23.8 Å². The Balaban J connectivity index is 1.73. The molecular weight excluding hydrogens is 496 g/mol. The minimum atomic E-state index is -4.56. The van der Waals surface area contributed by atoms with E-state index in [1.165, 1.54) is 36.3 Å². The molecular formula is C23H23Cl2F3N2O4. The first-order valence-corrected chi connectivity index (χ1v) is 11.2. The largest absolute Gasteiger partial charge is 0.416 e. The van der Waals surface area contributed by atoms with E-state index in [0.29, 0.717) is 17.1 Å². The van der Waals surface area contributed by atoms with Gasteiger partial charge in [0, 0.05) is 44.4 Å². The van der Waals surface area contributed by atoms with Gasteiger partial charge in [0.1, 0.15) is 0 Å². The molecule has 0 radical (unpaired) electrons. The summed E-state index contributed by atoms with van der Waals surface area (Å²) in [5.74, 6) is -0.848. The Bertz CT molecular complexity index is 1040. The molecule has 1 saturated heterocycles. The van der Waals surface area contributed by atoms with Gasteiger partial charge in [0.25, 0.3) is 11.8 Å². The van der Waals surface area contributed by atoms with Gasteiger partial charge in [-0.1, -0.05) is 29.3 Å². The summed E-state index contributed by atoms with van der Waals surface area (Å²) < 4.78 is 50.1. The van der Waals surface area contributed by atoms with Gasteiger partial charge in [0.15, 0.2) is 0 Å².